The van der Waals surface area contributed by atoms with Crippen LogP contribution in [-0.2, 0) is 19.5 Å². The Morgan fingerprint density at radius 1 is 1.21 bits per heavy atom. The highest BCUT2D eigenvalue weighted by Crippen LogP contribution is 2.26. The molecule has 0 amide bonds. The van der Waals surface area contributed by atoms with Gasteiger partial charge in [-0.2, -0.15) is 5.10 Å². The van der Waals surface area contributed by atoms with Gasteiger partial charge < -0.3 is 15.5 Å². The number of anilines is 1. The van der Waals surface area contributed by atoms with Gasteiger partial charge in [-0.25, -0.2) is 4.99 Å². The lowest BCUT2D eigenvalue weighted by Crippen LogP contribution is -2.38. The van der Waals surface area contributed by atoms with E-state index < -0.39 is 0 Å². The first-order valence-electron chi connectivity index (χ1n) is 10.4. The summed E-state index contributed by atoms with van der Waals surface area (Å²) in [6.07, 6.45) is 3.41. The molecule has 1 aliphatic rings. The van der Waals surface area contributed by atoms with Crippen molar-refractivity contribution in [1.82, 2.24) is 20.4 Å². The van der Waals surface area contributed by atoms with E-state index >= 15 is 0 Å². The highest BCUT2D eigenvalue weighted by atomic mass is 127. The molecule has 1 aromatic heterocycles. The topological polar surface area (TPSA) is 57.5 Å². The van der Waals surface area contributed by atoms with E-state index in [1.165, 1.54) is 35.3 Å². The summed E-state index contributed by atoms with van der Waals surface area (Å²) in [5.41, 5.74) is 6.39. The maximum atomic E-state index is 4.78. The molecule has 0 saturated carbocycles. The Bertz CT molecular complexity index is 814. The average Bonchev–Trinajstić information content (AvgIpc) is 3.00. The fraction of sp³-hybridized carbons (Fsp3) is 0.545. The predicted octanol–water partition coefficient (Wildman–Crippen LogP) is 3.65. The zero-order valence-corrected chi connectivity index (χ0v) is 20.5. The first-order chi connectivity index (χ1) is 13.6. The highest BCUT2D eigenvalue weighted by molar-refractivity contribution is 14.0. The van der Waals surface area contributed by atoms with E-state index in [2.05, 4.69) is 70.5 Å². The quantitative estimate of drug-likeness (QED) is 0.259. The number of nitrogens with zero attached hydrogens (tertiary/aromatic N) is 4. The number of hydrogen-bond donors (Lipinski definition) is 2. The standard InChI is InChI=1S/C22H34N6.HI/c1-5-23-22(24-11-7-13-28-18(3)14-17(2)26-28)25-16-19-9-10-21-20(15-19)8-6-12-27(21)4;/h9-10,14-15H,5-8,11-13,16H2,1-4H3,(H2,23,24,25);1H. The maximum Gasteiger partial charge on any atom is 0.191 e. The summed E-state index contributed by atoms with van der Waals surface area (Å²) in [5, 5.41) is 11.3. The molecular formula is C22H35IN6. The van der Waals surface area contributed by atoms with Gasteiger partial charge in [0.15, 0.2) is 5.96 Å². The minimum atomic E-state index is 0. The third-order valence-corrected chi connectivity index (χ3v) is 5.20. The first kappa shape index (κ1) is 23.5. The average molecular weight is 510 g/mol. The van der Waals surface area contributed by atoms with Gasteiger partial charge in [0.25, 0.3) is 0 Å². The molecular weight excluding hydrogens is 475 g/mol. The van der Waals surface area contributed by atoms with Crippen LogP contribution in [0.1, 0.15) is 42.3 Å². The fourth-order valence-corrected chi connectivity index (χ4v) is 3.79. The Morgan fingerprint density at radius 2 is 2.03 bits per heavy atom. The van der Waals surface area contributed by atoms with Gasteiger partial charge in [-0.3, -0.25) is 4.68 Å². The van der Waals surface area contributed by atoms with Crippen LogP contribution in [-0.4, -0.2) is 42.4 Å². The number of aromatic nitrogens is 2. The molecule has 3 rings (SSSR count). The minimum absolute atomic E-state index is 0. The van der Waals surface area contributed by atoms with Gasteiger partial charge in [0, 0.05) is 44.6 Å². The normalized spacial score (nSPS) is 13.7. The predicted molar refractivity (Wildman–Crippen MR) is 133 cm³/mol. The second-order valence-corrected chi connectivity index (χ2v) is 7.61. The second-order valence-electron chi connectivity index (χ2n) is 7.61. The van der Waals surface area contributed by atoms with Crippen LogP contribution in [0.2, 0.25) is 0 Å². The molecule has 0 saturated heterocycles. The zero-order chi connectivity index (χ0) is 19.9. The Kier molecular flexibility index (Phi) is 9.26. The summed E-state index contributed by atoms with van der Waals surface area (Å²) in [4.78, 5) is 7.12. The summed E-state index contributed by atoms with van der Waals surface area (Å²) in [7, 11) is 2.18. The van der Waals surface area contributed by atoms with E-state index in [9.17, 15) is 0 Å². The van der Waals surface area contributed by atoms with Crippen molar-refractivity contribution in [3.05, 3.63) is 46.8 Å². The number of rotatable bonds is 7. The van der Waals surface area contributed by atoms with Crippen LogP contribution < -0.4 is 15.5 Å². The number of benzene rings is 1. The lowest BCUT2D eigenvalue weighted by atomic mass is 10.00. The summed E-state index contributed by atoms with van der Waals surface area (Å²) in [6.45, 7) is 10.7. The lowest BCUT2D eigenvalue weighted by molar-refractivity contribution is 0.555. The summed E-state index contributed by atoms with van der Waals surface area (Å²) in [6, 6.07) is 8.89. The zero-order valence-electron chi connectivity index (χ0n) is 18.2. The Hall–Kier alpha value is -1.77. The molecule has 29 heavy (non-hydrogen) atoms. The lowest BCUT2D eigenvalue weighted by Gasteiger charge is -2.27. The van der Waals surface area contributed by atoms with Crippen molar-refractivity contribution in [3.63, 3.8) is 0 Å². The van der Waals surface area contributed by atoms with Gasteiger partial charge in [0.1, 0.15) is 0 Å². The van der Waals surface area contributed by atoms with Crippen molar-refractivity contribution in [3.8, 4) is 0 Å². The smallest absolute Gasteiger partial charge is 0.191 e. The van der Waals surface area contributed by atoms with Gasteiger partial charge in [-0.1, -0.05) is 12.1 Å². The number of nitrogens with one attached hydrogen (secondary N) is 2. The van der Waals surface area contributed by atoms with Crippen LogP contribution in [0, 0.1) is 13.8 Å². The molecule has 6 nitrogen and oxygen atoms in total. The van der Waals surface area contributed by atoms with Gasteiger partial charge in [0.05, 0.1) is 12.2 Å². The van der Waals surface area contributed by atoms with Crippen LogP contribution in [0.5, 0.6) is 0 Å². The van der Waals surface area contributed by atoms with E-state index in [4.69, 9.17) is 4.99 Å². The van der Waals surface area contributed by atoms with Crippen molar-refractivity contribution in [1.29, 1.82) is 0 Å². The van der Waals surface area contributed by atoms with E-state index in [-0.39, 0.29) is 24.0 Å². The molecule has 1 aliphatic heterocycles. The summed E-state index contributed by atoms with van der Waals surface area (Å²) in [5.74, 6) is 0.880. The number of hydrogen-bond acceptors (Lipinski definition) is 3. The molecule has 1 aromatic carbocycles. The first-order valence-corrected chi connectivity index (χ1v) is 10.4. The number of aliphatic imine (C=N–C) groups is 1. The third-order valence-electron chi connectivity index (χ3n) is 5.20. The minimum Gasteiger partial charge on any atom is -0.374 e. The molecule has 2 aromatic rings. The van der Waals surface area contributed by atoms with Crippen LogP contribution in [0.25, 0.3) is 0 Å². The Balaban J connectivity index is 0.00000300. The summed E-state index contributed by atoms with van der Waals surface area (Å²) >= 11 is 0. The maximum absolute atomic E-state index is 4.78. The van der Waals surface area contributed by atoms with E-state index in [1.54, 1.807) is 0 Å². The highest BCUT2D eigenvalue weighted by Gasteiger charge is 2.13. The van der Waals surface area contributed by atoms with Crippen molar-refractivity contribution in [2.75, 3.05) is 31.6 Å². The molecule has 0 bridgehead atoms. The van der Waals surface area contributed by atoms with Gasteiger partial charge >= 0.3 is 0 Å². The largest absolute Gasteiger partial charge is 0.374 e. The molecule has 2 heterocycles. The Labute approximate surface area is 192 Å². The van der Waals surface area contributed by atoms with Gasteiger partial charge in [-0.05, 0) is 63.3 Å². The molecule has 160 valence electrons. The van der Waals surface area contributed by atoms with Crippen LogP contribution in [0.4, 0.5) is 5.69 Å². The Morgan fingerprint density at radius 3 is 2.76 bits per heavy atom. The molecule has 0 atom stereocenters. The van der Waals surface area contributed by atoms with E-state index in [0.717, 1.165) is 44.3 Å². The number of fused-ring (bicyclic) bond motifs is 1. The van der Waals surface area contributed by atoms with Crippen molar-refractivity contribution in [2.45, 2.75) is 53.1 Å². The second kappa shape index (κ2) is 11.4. The molecule has 0 aliphatic carbocycles. The SMILES string of the molecule is CCNC(=NCc1ccc2c(c1)CCCN2C)NCCCn1nc(C)cc1C.I. The van der Waals surface area contributed by atoms with Crippen LogP contribution >= 0.6 is 24.0 Å². The number of halogens is 1. The summed E-state index contributed by atoms with van der Waals surface area (Å²) < 4.78 is 2.07. The number of aryl methyl sites for hydroxylation is 4. The van der Waals surface area contributed by atoms with Gasteiger partial charge in [-0.15, -0.1) is 24.0 Å². The fourth-order valence-electron chi connectivity index (χ4n) is 3.79. The molecule has 2 N–H and O–H groups in total. The van der Waals surface area contributed by atoms with Crippen LogP contribution in [0.15, 0.2) is 29.3 Å². The van der Waals surface area contributed by atoms with Crippen molar-refractivity contribution < 1.29 is 0 Å². The number of guanidine groups is 1. The molecule has 0 spiro atoms. The van der Waals surface area contributed by atoms with Crippen molar-refractivity contribution in [2.24, 2.45) is 4.99 Å². The third kappa shape index (κ3) is 6.62. The molecule has 0 fully saturated rings. The molecule has 0 radical (unpaired) electrons. The molecule has 7 heteroatoms. The van der Waals surface area contributed by atoms with Crippen LogP contribution in [0.3, 0.4) is 0 Å². The van der Waals surface area contributed by atoms with E-state index in [0.29, 0.717) is 6.54 Å². The van der Waals surface area contributed by atoms with Gasteiger partial charge in [0.2, 0.25) is 0 Å². The molecule has 0 unspecified atom stereocenters. The van der Waals surface area contributed by atoms with Crippen molar-refractivity contribution >= 4 is 35.6 Å². The monoisotopic (exact) mass is 510 g/mol. The van der Waals surface area contributed by atoms with E-state index in [1.807, 2.05) is 6.92 Å².